The van der Waals surface area contributed by atoms with Gasteiger partial charge >= 0.3 is 0 Å². The van der Waals surface area contributed by atoms with Crippen molar-refractivity contribution in [1.82, 2.24) is 15.0 Å². The Bertz CT molecular complexity index is 1510. The molecule has 0 atom stereocenters. The van der Waals surface area contributed by atoms with Crippen LogP contribution in [0.3, 0.4) is 0 Å². The van der Waals surface area contributed by atoms with Gasteiger partial charge in [-0.25, -0.2) is 13.1 Å². The van der Waals surface area contributed by atoms with Gasteiger partial charge in [0.2, 0.25) is 15.9 Å². The van der Waals surface area contributed by atoms with E-state index in [1.165, 1.54) is 12.1 Å². The van der Waals surface area contributed by atoms with Crippen molar-refractivity contribution in [1.29, 1.82) is 0 Å². The summed E-state index contributed by atoms with van der Waals surface area (Å²) in [4.78, 5) is 16.8. The van der Waals surface area contributed by atoms with Crippen molar-refractivity contribution in [3.8, 4) is 0 Å². The van der Waals surface area contributed by atoms with E-state index in [1.54, 1.807) is 18.3 Å². The summed E-state index contributed by atoms with van der Waals surface area (Å²) in [5.74, 6) is 0.0382. The number of sulfonamides is 1. The topological polar surface area (TPSA) is 88.2 Å². The van der Waals surface area contributed by atoms with Gasteiger partial charge in [0.25, 0.3) is 0 Å². The van der Waals surface area contributed by atoms with Crippen LogP contribution in [0.2, 0.25) is 5.02 Å². The quantitative estimate of drug-likeness (QED) is 0.187. The number of nitrogens with zero attached hydrogens (tertiary/aromatic N) is 1. The lowest BCUT2D eigenvalue weighted by Gasteiger charge is -2.11. The molecule has 6 nitrogen and oxygen atoms in total. The van der Waals surface area contributed by atoms with Crippen LogP contribution < -0.4 is 10.0 Å². The van der Waals surface area contributed by atoms with Gasteiger partial charge in [0.15, 0.2) is 0 Å². The Kier molecular flexibility index (Phi) is 10.6. The number of unbranched alkanes of at least 4 members (excludes halogenated alkanes) is 1. The number of carbonyl (C=O) groups excluding carboxylic acids is 1. The highest BCUT2D eigenvalue weighted by Gasteiger charge is 2.13. The maximum atomic E-state index is 12.5. The number of hydrogen-bond donors (Lipinski definition) is 2. The lowest BCUT2D eigenvalue weighted by molar-refractivity contribution is -0.121. The predicted molar refractivity (Wildman–Crippen MR) is 160 cm³/mol. The zero-order chi connectivity index (χ0) is 28.2. The minimum Gasteiger partial charge on any atom is -0.352 e. The highest BCUT2D eigenvalue weighted by Crippen LogP contribution is 2.24. The molecule has 1 aromatic heterocycles. The molecule has 0 aliphatic carbocycles. The van der Waals surface area contributed by atoms with E-state index in [4.69, 9.17) is 11.6 Å². The third-order valence-electron chi connectivity index (χ3n) is 6.36. The first-order valence-electron chi connectivity index (χ1n) is 13.2. The first-order valence-corrected chi connectivity index (χ1v) is 15.0. The van der Waals surface area contributed by atoms with Crippen LogP contribution in [-0.2, 0) is 27.8 Å². The highest BCUT2D eigenvalue weighted by atomic mass is 35.5. The molecule has 0 fully saturated rings. The monoisotopic (exact) mass is 573 g/mol. The average Bonchev–Trinajstić information content (AvgIpc) is 2.98. The van der Waals surface area contributed by atoms with Crippen molar-refractivity contribution in [2.24, 2.45) is 0 Å². The van der Waals surface area contributed by atoms with Crippen LogP contribution in [-0.4, -0.2) is 25.9 Å². The van der Waals surface area contributed by atoms with E-state index in [9.17, 15) is 13.2 Å². The fourth-order valence-corrected chi connectivity index (χ4v) is 5.35. The van der Waals surface area contributed by atoms with Crippen LogP contribution in [0, 0.1) is 0 Å². The minimum absolute atomic E-state index is 0.0382. The molecule has 40 heavy (non-hydrogen) atoms. The number of benzene rings is 3. The molecule has 4 rings (SSSR count). The number of hydrogen-bond acceptors (Lipinski definition) is 4. The standard InChI is InChI=1S/C32H32ClN3O3S/c33-29-16-18-30(19-17-29)40(38,39)36-22-20-25-12-14-27(15-13-25)31(28-9-6-21-34-24-28)10-4-5-11-32(37)35-23-26-7-2-1-3-8-26/h1-3,6-10,12-19,21,24,36H,4-5,11,20,22-23H2,(H,35,37). The van der Waals surface area contributed by atoms with Crippen molar-refractivity contribution in [2.75, 3.05) is 6.54 Å². The largest absolute Gasteiger partial charge is 0.352 e. The van der Waals surface area contributed by atoms with Gasteiger partial charge in [-0.3, -0.25) is 9.78 Å². The molecule has 0 saturated carbocycles. The maximum absolute atomic E-state index is 12.5. The van der Waals surface area contributed by atoms with Gasteiger partial charge in [-0.2, -0.15) is 0 Å². The second-order valence-corrected chi connectivity index (χ2v) is 11.5. The molecule has 1 heterocycles. The van der Waals surface area contributed by atoms with E-state index >= 15 is 0 Å². The van der Waals surface area contributed by atoms with Crippen molar-refractivity contribution in [3.05, 3.63) is 137 Å². The van der Waals surface area contributed by atoms with Crippen LogP contribution >= 0.6 is 11.6 Å². The number of rotatable bonds is 13. The smallest absolute Gasteiger partial charge is 0.240 e. The molecule has 4 aromatic rings. The third-order valence-corrected chi connectivity index (χ3v) is 8.09. The molecular weight excluding hydrogens is 542 g/mol. The van der Waals surface area contributed by atoms with E-state index in [-0.39, 0.29) is 17.3 Å². The Balaban J connectivity index is 1.33. The molecule has 0 aliphatic rings. The molecule has 1 amide bonds. The summed E-state index contributed by atoms with van der Waals surface area (Å²) in [5, 5.41) is 3.47. The van der Waals surface area contributed by atoms with Crippen LogP contribution in [0.1, 0.15) is 41.5 Å². The number of halogens is 1. The van der Waals surface area contributed by atoms with Gasteiger partial charge in [0.1, 0.15) is 0 Å². The van der Waals surface area contributed by atoms with Crippen molar-refractivity contribution < 1.29 is 13.2 Å². The van der Waals surface area contributed by atoms with Gasteiger partial charge in [0.05, 0.1) is 4.90 Å². The Labute approximate surface area is 241 Å². The summed E-state index contributed by atoms with van der Waals surface area (Å²) in [6, 6.07) is 28.0. The fraction of sp³-hybridized carbons (Fsp3) is 0.188. The third kappa shape index (κ3) is 8.88. The van der Waals surface area contributed by atoms with E-state index in [2.05, 4.69) is 21.1 Å². The average molecular weight is 574 g/mol. The molecule has 0 unspecified atom stereocenters. The molecule has 2 N–H and O–H groups in total. The zero-order valence-corrected chi connectivity index (χ0v) is 23.7. The second kappa shape index (κ2) is 14.6. The summed E-state index contributed by atoms with van der Waals surface area (Å²) >= 11 is 5.86. The molecule has 0 bridgehead atoms. The maximum Gasteiger partial charge on any atom is 0.240 e. The number of amides is 1. The number of aromatic nitrogens is 1. The lowest BCUT2D eigenvalue weighted by atomic mass is 9.96. The number of pyridine rings is 1. The molecule has 0 spiro atoms. The normalized spacial score (nSPS) is 11.8. The summed E-state index contributed by atoms with van der Waals surface area (Å²) in [6.07, 6.45) is 8.21. The van der Waals surface area contributed by atoms with E-state index < -0.39 is 10.0 Å². The SMILES string of the molecule is O=C(CCCC=C(c1ccc(CCNS(=O)(=O)c2ccc(Cl)cc2)cc1)c1cccnc1)NCc1ccccc1. The molecule has 3 aromatic carbocycles. The number of carbonyl (C=O) groups is 1. The van der Waals surface area contributed by atoms with E-state index in [0.717, 1.165) is 40.7 Å². The Morgan fingerprint density at radius 3 is 2.30 bits per heavy atom. The number of nitrogens with one attached hydrogen (secondary N) is 2. The van der Waals surface area contributed by atoms with Crippen LogP contribution in [0.4, 0.5) is 0 Å². The lowest BCUT2D eigenvalue weighted by Crippen LogP contribution is -2.25. The minimum atomic E-state index is -3.60. The summed E-state index contributed by atoms with van der Waals surface area (Å²) < 4.78 is 27.7. The molecule has 0 aliphatic heterocycles. The van der Waals surface area contributed by atoms with E-state index in [1.807, 2.05) is 72.9 Å². The fourth-order valence-electron chi connectivity index (χ4n) is 4.20. The summed E-state index contributed by atoms with van der Waals surface area (Å²) in [6.45, 7) is 0.813. The molecule has 206 valence electrons. The van der Waals surface area contributed by atoms with Crippen LogP contribution in [0.5, 0.6) is 0 Å². The van der Waals surface area contributed by atoms with Crippen molar-refractivity contribution in [2.45, 2.75) is 37.1 Å². The molecule has 0 saturated heterocycles. The van der Waals surface area contributed by atoms with Crippen LogP contribution in [0.15, 0.2) is 114 Å². The van der Waals surface area contributed by atoms with Crippen molar-refractivity contribution >= 4 is 33.1 Å². The first-order chi connectivity index (χ1) is 19.4. The highest BCUT2D eigenvalue weighted by molar-refractivity contribution is 7.89. The summed E-state index contributed by atoms with van der Waals surface area (Å²) in [7, 11) is -3.60. The molecular formula is C32H32ClN3O3S. The van der Waals surface area contributed by atoms with Gasteiger partial charge in [-0.05, 0) is 71.9 Å². The zero-order valence-electron chi connectivity index (χ0n) is 22.1. The van der Waals surface area contributed by atoms with Gasteiger partial charge in [0, 0.05) is 42.5 Å². The van der Waals surface area contributed by atoms with Crippen molar-refractivity contribution in [3.63, 3.8) is 0 Å². The van der Waals surface area contributed by atoms with Crippen LogP contribution in [0.25, 0.3) is 5.57 Å². The Morgan fingerprint density at radius 1 is 0.850 bits per heavy atom. The number of allylic oxidation sites excluding steroid dienone is 1. The molecule has 0 radical (unpaired) electrons. The van der Waals surface area contributed by atoms with Gasteiger partial charge in [-0.1, -0.05) is 78.3 Å². The molecule has 8 heteroatoms. The second-order valence-electron chi connectivity index (χ2n) is 9.31. The predicted octanol–water partition coefficient (Wildman–Crippen LogP) is 6.17. The van der Waals surface area contributed by atoms with Gasteiger partial charge < -0.3 is 5.32 Å². The Morgan fingerprint density at radius 2 is 1.60 bits per heavy atom. The first kappa shape index (κ1) is 29.2. The van der Waals surface area contributed by atoms with E-state index in [0.29, 0.717) is 24.4 Å². The Hall–Kier alpha value is -3.78. The van der Waals surface area contributed by atoms with Gasteiger partial charge in [-0.15, -0.1) is 0 Å². The summed E-state index contributed by atoms with van der Waals surface area (Å²) in [5.41, 5.74) is 5.18.